The molecule has 1 aliphatic carbocycles. The van der Waals surface area contributed by atoms with Crippen LogP contribution in [0.1, 0.15) is 37.0 Å². The Kier molecular flexibility index (Phi) is 5.55. The molecule has 0 saturated heterocycles. The highest BCUT2D eigenvalue weighted by molar-refractivity contribution is 5.98. The Labute approximate surface area is 131 Å². The minimum atomic E-state index is -0.166. The second-order valence-electron chi connectivity index (χ2n) is 6.22. The zero-order chi connectivity index (χ0) is 16.1. The van der Waals surface area contributed by atoms with Gasteiger partial charge in [-0.1, -0.05) is 19.9 Å². The van der Waals surface area contributed by atoms with Crippen LogP contribution in [0.25, 0.3) is 0 Å². The van der Waals surface area contributed by atoms with E-state index in [0.717, 1.165) is 6.42 Å². The maximum absolute atomic E-state index is 12.1. The highest BCUT2D eigenvalue weighted by atomic mass is 16.3. The SMILES string of the molecule is CC(CCO)CNC(=O)c1cccc(NC(=O)C2CC2C)c1. The predicted octanol–water partition coefficient (Wildman–Crippen LogP) is 2.03. The Bertz CT molecular complexity index is 544. The van der Waals surface area contributed by atoms with Gasteiger partial charge in [-0.25, -0.2) is 0 Å². The van der Waals surface area contributed by atoms with Gasteiger partial charge in [0.25, 0.3) is 5.91 Å². The summed E-state index contributed by atoms with van der Waals surface area (Å²) >= 11 is 0. The number of carbonyl (C=O) groups is 2. The molecule has 1 aromatic rings. The second-order valence-corrected chi connectivity index (χ2v) is 6.22. The smallest absolute Gasteiger partial charge is 0.251 e. The molecule has 1 saturated carbocycles. The molecule has 1 aliphatic rings. The molecule has 3 unspecified atom stereocenters. The molecule has 1 aromatic carbocycles. The van der Waals surface area contributed by atoms with Gasteiger partial charge in [-0.15, -0.1) is 0 Å². The van der Waals surface area contributed by atoms with Crippen LogP contribution in [-0.2, 0) is 4.79 Å². The van der Waals surface area contributed by atoms with E-state index in [1.807, 2.05) is 6.92 Å². The zero-order valence-corrected chi connectivity index (χ0v) is 13.1. The molecule has 0 radical (unpaired) electrons. The lowest BCUT2D eigenvalue weighted by molar-refractivity contribution is -0.117. The van der Waals surface area contributed by atoms with E-state index in [1.54, 1.807) is 24.3 Å². The number of carbonyl (C=O) groups excluding carboxylic acids is 2. The molecule has 3 N–H and O–H groups in total. The second kappa shape index (κ2) is 7.40. The van der Waals surface area contributed by atoms with Crippen molar-refractivity contribution in [3.8, 4) is 0 Å². The fraction of sp³-hybridized carbons (Fsp3) is 0.529. The molecule has 2 rings (SSSR count). The molecular formula is C17H24N2O3. The highest BCUT2D eigenvalue weighted by Gasteiger charge is 2.39. The quantitative estimate of drug-likeness (QED) is 0.721. The summed E-state index contributed by atoms with van der Waals surface area (Å²) < 4.78 is 0. The van der Waals surface area contributed by atoms with Gasteiger partial charge in [0.15, 0.2) is 0 Å². The van der Waals surface area contributed by atoms with E-state index in [9.17, 15) is 9.59 Å². The Morgan fingerprint density at radius 3 is 2.77 bits per heavy atom. The summed E-state index contributed by atoms with van der Waals surface area (Å²) in [5.41, 5.74) is 1.18. The Balaban J connectivity index is 1.90. The summed E-state index contributed by atoms with van der Waals surface area (Å²) in [6.07, 6.45) is 1.60. The number of benzene rings is 1. The summed E-state index contributed by atoms with van der Waals surface area (Å²) in [4.78, 5) is 24.0. The van der Waals surface area contributed by atoms with Crippen LogP contribution in [0.15, 0.2) is 24.3 Å². The average molecular weight is 304 g/mol. The molecule has 120 valence electrons. The van der Waals surface area contributed by atoms with Crippen LogP contribution >= 0.6 is 0 Å². The first-order valence-corrected chi connectivity index (χ1v) is 7.81. The van der Waals surface area contributed by atoms with E-state index < -0.39 is 0 Å². The van der Waals surface area contributed by atoms with Gasteiger partial charge < -0.3 is 15.7 Å². The van der Waals surface area contributed by atoms with E-state index >= 15 is 0 Å². The third-order valence-electron chi connectivity index (χ3n) is 4.07. The number of aliphatic hydroxyl groups is 1. The molecule has 22 heavy (non-hydrogen) atoms. The van der Waals surface area contributed by atoms with Crippen molar-refractivity contribution in [3.05, 3.63) is 29.8 Å². The lowest BCUT2D eigenvalue weighted by atomic mass is 10.1. The summed E-state index contributed by atoms with van der Waals surface area (Å²) in [6, 6.07) is 6.96. The molecule has 3 atom stereocenters. The van der Waals surface area contributed by atoms with Crippen LogP contribution in [0.3, 0.4) is 0 Å². The standard InChI is InChI=1S/C17H24N2O3/c1-11(6-7-20)10-18-16(21)13-4-3-5-14(9-13)19-17(22)15-8-12(15)2/h3-5,9,11-12,15,20H,6-8,10H2,1-2H3,(H,18,21)(H,19,22). The molecule has 5 nitrogen and oxygen atoms in total. The minimum absolute atomic E-state index is 0.0293. The van der Waals surface area contributed by atoms with Crippen molar-refractivity contribution in [2.24, 2.45) is 17.8 Å². The number of aliphatic hydroxyl groups excluding tert-OH is 1. The van der Waals surface area contributed by atoms with Crippen LogP contribution in [0.4, 0.5) is 5.69 Å². The van der Waals surface area contributed by atoms with Gasteiger partial charge in [0.2, 0.25) is 5.91 Å². The lowest BCUT2D eigenvalue weighted by Gasteiger charge is -2.12. The maximum atomic E-state index is 12.1. The molecule has 0 spiro atoms. The van der Waals surface area contributed by atoms with E-state index in [2.05, 4.69) is 17.6 Å². The Morgan fingerprint density at radius 1 is 1.41 bits per heavy atom. The fourth-order valence-corrected chi connectivity index (χ4v) is 2.35. The van der Waals surface area contributed by atoms with Crippen molar-refractivity contribution < 1.29 is 14.7 Å². The average Bonchev–Trinajstić information content (AvgIpc) is 3.22. The third-order valence-corrected chi connectivity index (χ3v) is 4.07. The summed E-state index contributed by atoms with van der Waals surface area (Å²) in [5, 5.41) is 14.6. The van der Waals surface area contributed by atoms with Gasteiger partial charge in [-0.2, -0.15) is 0 Å². The molecule has 1 fully saturated rings. The summed E-state index contributed by atoms with van der Waals surface area (Å²) in [7, 11) is 0. The van der Waals surface area contributed by atoms with E-state index in [0.29, 0.717) is 30.1 Å². The van der Waals surface area contributed by atoms with Crippen LogP contribution in [0, 0.1) is 17.8 Å². The maximum Gasteiger partial charge on any atom is 0.251 e. The van der Waals surface area contributed by atoms with Crippen LogP contribution in [0.2, 0.25) is 0 Å². The molecule has 0 heterocycles. The number of rotatable bonds is 7. The predicted molar refractivity (Wildman–Crippen MR) is 85.5 cm³/mol. The fourth-order valence-electron chi connectivity index (χ4n) is 2.35. The van der Waals surface area contributed by atoms with Crippen molar-refractivity contribution in [1.82, 2.24) is 5.32 Å². The number of hydrogen-bond donors (Lipinski definition) is 3. The van der Waals surface area contributed by atoms with Crippen molar-refractivity contribution in [1.29, 1.82) is 0 Å². The van der Waals surface area contributed by atoms with Crippen molar-refractivity contribution in [2.45, 2.75) is 26.7 Å². The zero-order valence-electron chi connectivity index (χ0n) is 13.1. The summed E-state index contributed by atoms with van der Waals surface area (Å²) in [5.74, 6) is 0.659. The Hall–Kier alpha value is -1.88. The number of nitrogens with one attached hydrogen (secondary N) is 2. The van der Waals surface area contributed by atoms with Crippen molar-refractivity contribution in [3.63, 3.8) is 0 Å². The molecule has 0 aromatic heterocycles. The van der Waals surface area contributed by atoms with Gasteiger partial charge in [0.05, 0.1) is 0 Å². The molecular weight excluding hydrogens is 280 g/mol. The number of hydrogen-bond acceptors (Lipinski definition) is 3. The van der Waals surface area contributed by atoms with Gasteiger partial charge in [0.1, 0.15) is 0 Å². The first-order chi connectivity index (χ1) is 10.5. The molecule has 0 bridgehead atoms. The minimum Gasteiger partial charge on any atom is -0.396 e. The number of anilines is 1. The van der Waals surface area contributed by atoms with E-state index in [-0.39, 0.29) is 30.3 Å². The van der Waals surface area contributed by atoms with E-state index in [1.165, 1.54) is 0 Å². The van der Waals surface area contributed by atoms with Crippen LogP contribution in [-0.4, -0.2) is 30.1 Å². The van der Waals surface area contributed by atoms with Gasteiger partial charge >= 0.3 is 0 Å². The third kappa shape index (κ3) is 4.56. The monoisotopic (exact) mass is 304 g/mol. The molecule has 2 amide bonds. The van der Waals surface area contributed by atoms with Gasteiger partial charge in [0, 0.05) is 30.3 Å². The van der Waals surface area contributed by atoms with Gasteiger partial charge in [-0.05, 0) is 42.9 Å². The first-order valence-electron chi connectivity index (χ1n) is 7.81. The van der Waals surface area contributed by atoms with Crippen LogP contribution in [0.5, 0.6) is 0 Å². The van der Waals surface area contributed by atoms with Gasteiger partial charge in [-0.3, -0.25) is 9.59 Å². The number of amides is 2. The van der Waals surface area contributed by atoms with Crippen molar-refractivity contribution >= 4 is 17.5 Å². The van der Waals surface area contributed by atoms with Crippen LogP contribution < -0.4 is 10.6 Å². The first kappa shape index (κ1) is 16.5. The summed E-state index contributed by atoms with van der Waals surface area (Å²) in [6.45, 7) is 4.68. The molecule has 0 aliphatic heterocycles. The van der Waals surface area contributed by atoms with Crippen molar-refractivity contribution in [2.75, 3.05) is 18.5 Å². The largest absolute Gasteiger partial charge is 0.396 e. The van der Waals surface area contributed by atoms with E-state index in [4.69, 9.17) is 5.11 Å². The molecule has 5 heteroatoms. The highest BCUT2D eigenvalue weighted by Crippen LogP contribution is 2.38. The lowest BCUT2D eigenvalue weighted by Crippen LogP contribution is -2.28. The normalized spacial score (nSPS) is 21.0. The topological polar surface area (TPSA) is 78.4 Å². The Morgan fingerprint density at radius 2 is 2.14 bits per heavy atom.